The van der Waals surface area contributed by atoms with E-state index in [0.717, 1.165) is 54.2 Å². The molecule has 37 heavy (non-hydrogen) atoms. The molecule has 3 heterocycles. The highest BCUT2D eigenvalue weighted by Crippen LogP contribution is 2.47. The van der Waals surface area contributed by atoms with Crippen LogP contribution in [0.15, 0.2) is 42.5 Å². The van der Waals surface area contributed by atoms with E-state index in [9.17, 15) is 5.11 Å². The number of piperidine rings is 1. The van der Waals surface area contributed by atoms with Crippen LogP contribution < -0.4 is 14.7 Å². The maximum atomic E-state index is 9.42. The van der Waals surface area contributed by atoms with Crippen molar-refractivity contribution in [2.75, 3.05) is 61.1 Å². The Balaban J connectivity index is 0.00000137. The number of likely N-dealkylation sites (N-methyl/N-ethyl adjacent to an activating group) is 1. The minimum atomic E-state index is 0.129. The molecule has 1 saturated carbocycles. The van der Waals surface area contributed by atoms with Gasteiger partial charge in [-0.05, 0) is 67.9 Å². The maximum Gasteiger partial charge on any atom is 0.140 e. The molecule has 6 rings (SSSR count). The lowest BCUT2D eigenvalue weighted by Crippen LogP contribution is -2.39. The molecule has 0 radical (unpaired) electrons. The number of aliphatic hydroxyl groups excluding tert-OH is 1. The van der Waals surface area contributed by atoms with Gasteiger partial charge in [0.2, 0.25) is 0 Å². The molecule has 2 aliphatic heterocycles. The molecule has 3 fully saturated rings. The van der Waals surface area contributed by atoms with Crippen LogP contribution in [0.1, 0.15) is 70.2 Å². The Labute approximate surface area is 222 Å². The van der Waals surface area contributed by atoms with E-state index in [0.29, 0.717) is 12.5 Å². The summed E-state index contributed by atoms with van der Waals surface area (Å²) in [6.07, 6.45) is 5.94. The molecule has 0 spiro atoms. The van der Waals surface area contributed by atoms with E-state index in [4.69, 9.17) is 9.97 Å². The average molecular weight is 502 g/mol. The monoisotopic (exact) mass is 501 g/mol. The van der Waals surface area contributed by atoms with Crippen molar-refractivity contribution in [3.63, 3.8) is 0 Å². The largest absolute Gasteiger partial charge is 0.395 e. The van der Waals surface area contributed by atoms with Crippen LogP contribution in [0.3, 0.4) is 0 Å². The summed E-state index contributed by atoms with van der Waals surface area (Å²) >= 11 is 0. The number of anilines is 3. The summed E-state index contributed by atoms with van der Waals surface area (Å²) in [6, 6.07) is 15.5. The van der Waals surface area contributed by atoms with E-state index in [1.807, 2.05) is 20.9 Å². The van der Waals surface area contributed by atoms with Gasteiger partial charge in [-0.15, -0.1) is 0 Å². The molecule has 1 N–H and O–H groups in total. The topological polar surface area (TPSA) is 55.7 Å². The molecule has 198 valence electrons. The zero-order chi connectivity index (χ0) is 26.0. The van der Waals surface area contributed by atoms with Crippen LogP contribution in [-0.4, -0.2) is 61.5 Å². The third-order valence-corrected chi connectivity index (χ3v) is 8.44. The molecule has 0 amide bonds. The van der Waals surface area contributed by atoms with E-state index < -0.39 is 0 Å². The number of aliphatic hydroxyl groups is 1. The third kappa shape index (κ3) is 5.13. The first-order valence-electron chi connectivity index (χ1n) is 14.3. The summed E-state index contributed by atoms with van der Waals surface area (Å²) in [4.78, 5) is 17.3. The van der Waals surface area contributed by atoms with Gasteiger partial charge in [-0.25, -0.2) is 9.97 Å². The van der Waals surface area contributed by atoms with Crippen molar-refractivity contribution in [3.8, 4) is 0 Å². The summed E-state index contributed by atoms with van der Waals surface area (Å²) in [5, 5.41) is 10.5. The summed E-state index contributed by atoms with van der Waals surface area (Å²) in [7, 11) is 2.03. The van der Waals surface area contributed by atoms with Crippen LogP contribution in [0.5, 0.6) is 0 Å². The van der Waals surface area contributed by atoms with Crippen molar-refractivity contribution in [1.29, 1.82) is 0 Å². The molecule has 2 saturated heterocycles. The molecule has 3 aromatic rings. The first kappa shape index (κ1) is 25.8. The predicted molar refractivity (Wildman–Crippen MR) is 155 cm³/mol. The van der Waals surface area contributed by atoms with Gasteiger partial charge in [-0.1, -0.05) is 39.0 Å². The van der Waals surface area contributed by atoms with Crippen LogP contribution in [-0.2, 0) is 5.41 Å². The molecular weight excluding hydrogens is 458 g/mol. The number of hydrogen-bond acceptors (Lipinski definition) is 6. The molecule has 0 atom stereocenters. The number of para-hydroxylation sites is 1. The van der Waals surface area contributed by atoms with E-state index in [-0.39, 0.29) is 12.0 Å². The fourth-order valence-corrected chi connectivity index (χ4v) is 5.62. The minimum Gasteiger partial charge on any atom is -0.395 e. The highest BCUT2D eigenvalue weighted by Gasteiger charge is 2.43. The number of rotatable bonds is 7. The molecule has 6 heteroatoms. The fourth-order valence-electron chi connectivity index (χ4n) is 5.62. The lowest BCUT2D eigenvalue weighted by molar-refractivity contribution is 0.304. The molecule has 0 bridgehead atoms. The second kappa shape index (κ2) is 10.9. The van der Waals surface area contributed by atoms with Crippen LogP contribution >= 0.6 is 0 Å². The van der Waals surface area contributed by atoms with Gasteiger partial charge in [0, 0.05) is 61.9 Å². The standard InChI is InChI=1S/C29H37N5O.C2H6/c1-29(12-13-29)28-30-25-9-8-22(32(2)18-19-35)20-24(25)27(31-28)34-16-10-21(11-17-34)23-6-3-4-7-26(23)33-14-5-15-33;1-2/h3-4,6-9,20-21,35H,5,10-19H2,1-2H3;1-2H3. The molecule has 1 aromatic heterocycles. The third-order valence-electron chi connectivity index (χ3n) is 8.44. The van der Waals surface area contributed by atoms with Crippen LogP contribution in [0.4, 0.5) is 17.2 Å². The van der Waals surface area contributed by atoms with Gasteiger partial charge in [-0.2, -0.15) is 0 Å². The molecule has 1 aliphatic carbocycles. The smallest absolute Gasteiger partial charge is 0.140 e. The Hall–Kier alpha value is -2.86. The lowest BCUT2D eigenvalue weighted by atomic mass is 9.87. The minimum absolute atomic E-state index is 0.129. The van der Waals surface area contributed by atoms with Crippen LogP contribution in [0.25, 0.3) is 10.9 Å². The first-order valence-corrected chi connectivity index (χ1v) is 14.3. The Bertz CT molecular complexity index is 1210. The SMILES string of the molecule is CC.CN(CCO)c1ccc2nc(C3(C)CC3)nc(N3CCC(c4ccccc4N4CCC4)CC3)c2c1. The second-order valence-electron chi connectivity index (χ2n) is 10.9. The first-order chi connectivity index (χ1) is 18.1. The summed E-state index contributed by atoms with van der Waals surface area (Å²) < 4.78 is 0. The quantitative estimate of drug-likeness (QED) is 0.446. The zero-order valence-electron chi connectivity index (χ0n) is 23.1. The van der Waals surface area contributed by atoms with Crippen molar-refractivity contribution in [3.05, 3.63) is 53.9 Å². The summed E-state index contributed by atoms with van der Waals surface area (Å²) in [6.45, 7) is 11.5. The predicted octanol–water partition coefficient (Wildman–Crippen LogP) is 5.73. The Kier molecular flexibility index (Phi) is 7.57. The second-order valence-corrected chi connectivity index (χ2v) is 10.9. The zero-order valence-corrected chi connectivity index (χ0v) is 23.1. The molecule has 6 nitrogen and oxygen atoms in total. The van der Waals surface area contributed by atoms with Crippen LogP contribution in [0, 0.1) is 0 Å². The van der Waals surface area contributed by atoms with Crippen molar-refractivity contribution in [2.24, 2.45) is 0 Å². The molecule has 2 aromatic carbocycles. The number of fused-ring (bicyclic) bond motifs is 1. The lowest BCUT2D eigenvalue weighted by Gasteiger charge is -2.39. The average Bonchev–Trinajstić information content (AvgIpc) is 3.67. The van der Waals surface area contributed by atoms with Crippen molar-refractivity contribution >= 4 is 28.1 Å². The van der Waals surface area contributed by atoms with Crippen molar-refractivity contribution in [2.45, 2.75) is 64.2 Å². The number of nitrogens with zero attached hydrogens (tertiary/aromatic N) is 5. The number of benzene rings is 2. The molecule has 0 unspecified atom stereocenters. The maximum absolute atomic E-state index is 9.42. The van der Waals surface area contributed by atoms with E-state index in [1.54, 1.807) is 0 Å². The highest BCUT2D eigenvalue weighted by atomic mass is 16.3. The van der Waals surface area contributed by atoms with Crippen molar-refractivity contribution < 1.29 is 5.11 Å². The van der Waals surface area contributed by atoms with E-state index >= 15 is 0 Å². The van der Waals surface area contributed by atoms with E-state index in [2.05, 4.69) is 64.1 Å². The van der Waals surface area contributed by atoms with Gasteiger partial charge in [0.1, 0.15) is 11.6 Å². The molecular formula is C31H43N5O. The highest BCUT2D eigenvalue weighted by molar-refractivity contribution is 5.92. The van der Waals surface area contributed by atoms with Gasteiger partial charge >= 0.3 is 0 Å². The van der Waals surface area contributed by atoms with E-state index in [1.165, 1.54) is 43.6 Å². The van der Waals surface area contributed by atoms with Crippen LogP contribution in [0.2, 0.25) is 0 Å². The normalized spacial score (nSPS) is 18.7. The summed E-state index contributed by atoms with van der Waals surface area (Å²) in [5.74, 6) is 2.69. The van der Waals surface area contributed by atoms with Crippen molar-refractivity contribution in [1.82, 2.24) is 9.97 Å². The Morgan fingerprint density at radius 1 is 0.973 bits per heavy atom. The van der Waals surface area contributed by atoms with Gasteiger partial charge in [0.15, 0.2) is 0 Å². The van der Waals surface area contributed by atoms with Gasteiger partial charge in [-0.3, -0.25) is 0 Å². The van der Waals surface area contributed by atoms with Gasteiger partial charge < -0.3 is 19.8 Å². The number of hydrogen-bond donors (Lipinski definition) is 1. The fraction of sp³-hybridized carbons (Fsp3) is 0.548. The van der Waals surface area contributed by atoms with Gasteiger partial charge in [0.05, 0.1) is 12.1 Å². The Morgan fingerprint density at radius 2 is 1.70 bits per heavy atom. The van der Waals surface area contributed by atoms with Gasteiger partial charge in [0.25, 0.3) is 0 Å². The Morgan fingerprint density at radius 3 is 2.35 bits per heavy atom. The molecule has 3 aliphatic rings. The number of aromatic nitrogens is 2. The summed E-state index contributed by atoms with van der Waals surface area (Å²) in [5.41, 5.74) is 5.23.